The molecule has 0 fully saturated rings. The lowest BCUT2D eigenvalue weighted by Gasteiger charge is -2.13. The van der Waals surface area contributed by atoms with Crippen molar-refractivity contribution in [1.29, 1.82) is 0 Å². The molecule has 1 atom stereocenters. The number of hydrogen-bond donors (Lipinski definition) is 1. The van der Waals surface area contributed by atoms with Crippen LogP contribution in [0, 0.1) is 0 Å². The van der Waals surface area contributed by atoms with Crippen LogP contribution in [0.2, 0.25) is 5.02 Å². The van der Waals surface area contributed by atoms with Gasteiger partial charge in [-0.2, -0.15) is 0 Å². The number of ether oxygens (including phenoxy) is 1. The van der Waals surface area contributed by atoms with Gasteiger partial charge in [-0.1, -0.05) is 24.9 Å². The quantitative estimate of drug-likeness (QED) is 0.614. The van der Waals surface area contributed by atoms with Crippen LogP contribution in [0.5, 0.6) is 0 Å². The number of esters is 1. The summed E-state index contributed by atoms with van der Waals surface area (Å²) in [5.41, 5.74) is 0.276. The maximum absolute atomic E-state index is 12.0. The van der Waals surface area contributed by atoms with Crippen molar-refractivity contribution in [2.75, 3.05) is 12.9 Å². The molecule has 0 heterocycles. The van der Waals surface area contributed by atoms with Crippen LogP contribution >= 0.6 is 23.4 Å². The maximum atomic E-state index is 12.0. The minimum atomic E-state index is -0.589. The number of nitrogens with one attached hydrogen (secondary N) is 1. The van der Waals surface area contributed by atoms with Gasteiger partial charge in [0.05, 0.1) is 10.6 Å². The van der Waals surface area contributed by atoms with Crippen molar-refractivity contribution in [3.8, 4) is 0 Å². The Kier molecular flexibility index (Phi) is 7.61. The number of carbonyl (C=O) groups is 2. The molecule has 1 N–H and O–H groups in total. The summed E-state index contributed by atoms with van der Waals surface area (Å²) in [5.74, 6) is -0.893. The monoisotopic (exact) mass is 329 g/mol. The Morgan fingerprint density at radius 3 is 2.76 bits per heavy atom. The van der Waals surface area contributed by atoms with E-state index in [1.54, 1.807) is 12.1 Å². The summed E-state index contributed by atoms with van der Waals surface area (Å²) in [6.07, 6.45) is 3.78. The van der Waals surface area contributed by atoms with Crippen molar-refractivity contribution in [3.05, 3.63) is 28.8 Å². The summed E-state index contributed by atoms with van der Waals surface area (Å²) in [4.78, 5) is 24.5. The lowest BCUT2D eigenvalue weighted by molar-refractivity contribution is -0.124. The van der Waals surface area contributed by atoms with E-state index in [0.29, 0.717) is 5.02 Å². The highest BCUT2D eigenvalue weighted by atomic mass is 35.5. The molecule has 21 heavy (non-hydrogen) atoms. The van der Waals surface area contributed by atoms with Crippen molar-refractivity contribution in [1.82, 2.24) is 5.32 Å². The fraction of sp³-hybridized carbons (Fsp3) is 0.467. The van der Waals surface area contributed by atoms with Crippen LogP contribution in [0.1, 0.15) is 37.0 Å². The van der Waals surface area contributed by atoms with Gasteiger partial charge in [0.2, 0.25) is 0 Å². The van der Waals surface area contributed by atoms with Gasteiger partial charge in [-0.05, 0) is 37.8 Å². The number of thioether (sulfide) groups is 1. The van der Waals surface area contributed by atoms with E-state index in [1.807, 2.05) is 26.2 Å². The second kappa shape index (κ2) is 8.95. The molecule has 0 aliphatic rings. The molecule has 0 saturated carbocycles. The molecule has 0 aliphatic carbocycles. The Labute approximate surface area is 134 Å². The first-order chi connectivity index (χ1) is 9.97. The summed E-state index contributed by atoms with van der Waals surface area (Å²) < 4.78 is 5.00. The molecule has 116 valence electrons. The van der Waals surface area contributed by atoms with Gasteiger partial charge >= 0.3 is 5.97 Å². The maximum Gasteiger partial charge on any atom is 0.340 e. The standard InChI is InChI=1S/C15H20ClNO3S/c1-4-5-10(2)17-14(18)9-20-15(19)12-8-11(21-3)6-7-13(12)16/h6-8,10H,4-5,9H2,1-3H3,(H,17,18). The number of benzene rings is 1. The normalized spacial score (nSPS) is 11.8. The van der Waals surface area contributed by atoms with E-state index in [2.05, 4.69) is 5.32 Å². The molecule has 0 spiro atoms. The summed E-state index contributed by atoms with van der Waals surface area (Å²) >= 11 is 7.48. The molecule has 1 aromatic carbocycles. The van der Waals surface area contributed by atoms with Crippen LogP contribution in [0.25, 0.3) is 0 Å². The van der Waals surface area contributed by atoms with Crippen molar-refractivity contribution in [2.24, 2.45) is 0 Å². The van der Waals surface area contributed by atoms with E-state index in [4.69, 9.17) is 16.3 Å². The van der Waals surface area contributed by atoms with Crippen LogP contribution in [-0.2, 0) is 9.53 Å². The third kappa shape index (κ3) is 5.98. The zero-order valence-corrected chi connectivity index (χ0v) is 14.0. The third-order valence-electron chi connectivity index (χ3n) is 2.86. The zero-order valence-electron chi connectivity index (χ0n) is 12.4. The SMILES string of the molecule is CCCC(C)NC(=O)COC(=O)c1cc(SC)ccc1Cl. The van der Waals surface area contributed by atoms with Gasteiger partial charge < -0.3 is 10.1 Å². The summed E-state index contributed by atoms with van der Waals surface area (Å²) in [6, 6.07) is 5.20. The van der Waals surface area contributed by atoms with Crippen molar-refractivity contribution >= 4 is 35.2 Å². The van der Waals surface area contributed by atoms with Gasteiger partial charge in [0, 0.05) is 10.9 Å². The zero-order chi connectivity index (χ0) is 15.8. The molecular weight excluding hydrogens is 310 g/mol. The fourth-order valence-electron chi connectivity index (χ4n) is 1.82. The molecule has 0 aromatic heterocycles. The largest absolute Gasteiger partial charge is 0.452 e. The summed E-state index contributed by atoms with van der Waals surface area (Å²) in [6.45, 7) is 3.66. The highest BCUT2D eigenvalue weighted by Gasteiger charge is 2.15. The topological polar surface area (TPSA) is 55.4 Å². The molecule has 6 heteroatoms. The van der Waals surface area contributed by atoms with Crippen molar-refractivity contribution in [3.63, 3.8) is 0 Å². The Morgan fingerprint density at radius 1 is 1.43 bits per heavy atom. The lowest BCUT2D eigenvalue weighted by atomic mass is 10.2. The molecular formula is C15H20ClNO3S. The van der Waals surface area contributed by atoms with Crippen LogP contribution in [0.4, 0.5) is 0 Å². The van der Waals surface area contributed by atoms with E-state index in [0.717, 1.165) is 17.7 Å². The van der Waals surface area contributed by atoms with E-state index in [9.17, 15) is 9.59 Å². The predicted molar refractivity (Wildman–Crippen MR) is 86.0 cm³/mol. The molecule has 0 bridgehead atoms. The molecule has 1 amide bonds. The average Bonchev–Trinajstić information content (AvgIpc) is 2.45. The van der Waals surface area contributed by atoms with E-state index in [-0.39, 0.29) is 24.1 Å². The van der Waals surface area contributed by atoms with Gasteiger partial charge in [0.15, 0.2) is 6.61 Å². The average molecular weight is 330 g/mol. The van der Waals surface area contributed by atoms with E-state index >= 15 is 0 Å². The minimum absolute atomic E-state index is 0.0737. The van der Waals surface area contributed by atoms with Crippen LogP contribution in [0.15, 0.2) is 23.1 Å². The highest BCUT2D eigenvalue weighted by molar-refractivity contribution is 7.98. The Balaban J connectivity index is 2.56. The number of halogens is 1. The number of hydrogen-bond acceptors (Lipinski definition) is 4. The molecule has 4 nitrogen and oxygen atoms in total. The van der Waals surface area contributed by atoms with Gasteiger partial charge in [-0.25, -0.2) is 4.79 Å². The highest BCUT2D eigenvalue weighted by Crippen LogP contribution is 2.23. The van der Waals surface area contributed by atoms with Crippen LogP contribution < -0.4 is 5.32 Å². The lowest BCUT2D eigenvalue weighted by Crippen LogP contribution is -2.35. The second-order valence-electron chi connectivity index (χ2n) is 4.68. The van der Waals surface area contributed by atoms with E-state index in [1.165, 1.54) is 11.8 Å². The van der Waals surface area contributed by atoms with E-state index < -0.39 is 5.97 Å². The van der Waals surface area contributed by atoms with Gasteiger partial charge in [0.1, 0.15) is 0 Å². The first kappa shape index (κ1) is 17.9. The van der Waals surface area contributed by atoms with Gasteiger partial charge in [0.25, 0.3) is 5.91 Å². The first-order valence-electron chi connectivity index (χ1n) is 6.78. The number of amides is 1. The van der Waals surface area contributed by atoms with Crippen molar-refractivity contribution in [2.45, 2.75) is 37.6 Å². The molecule has 0 aliphatic heterocycles. The van der Waals surface area contributed by atoms with Crippen LogP contribution in [0.3, 0.4) is 0 Å². The molecule has 1 unspecified atom stereocenters. The fourth-order valence-corrected chi connectivity index (χ4v) is 2.45. The van der Waals surface area contributed by atoms with Gasteiger partial charge in [-0.3, -0.25) is 4.79 Å². The van der Waals surface area contributed by atoms with Gasteiger partial charge in [-0.15, -0.1) is 11.8 Å². The number of carbonyl (C=O) groups excluding carboxylic acids is 2. The Bertz CT molecular complexity index is 508. The molecule has 0 radical (unpaired) electrons. The molecule has 0 saturated heterocycles. The molecule has 1 aromatic rings. The van der Waals surface area contributed by atoms with Crippen molar-refractivity contribution < 1.29 is 14.3 Å². The van der Waals surface area contributed by atoms with Crippen LogP contribution in [-0.4, -0.2) is 30.8 Å². The Hall–Kier alpha value is -1.20. The minimum Gasteiger partial charge on any atom is -0.452 e. The second-order valence-corrected chi connectivity index (χ2v) is 5.97. The summed E-state index contributed by atoms with van der Waals surface area (Å²) in [7, 11) is 0. The Morgan fingerprint density at radius 2 is 2.14 bits per heavy atom. The third-order valence-corrected chi connectivity index (χ3v) is 3.91. The summed E-state index contributed by atoms with van der Waals surface area (Å²) in [5, 5.41) is 3.09. The first-order valence-corrected chi connectivity index (χ1v) is 8.38. The smallest absolute Gasteiger partial charge is 0.340 e. The predicted octanol–water partition coefficient (Wildman–Crippen LogP) is 3.52. The number of rotatable bonds is 7. The molecule has 1 rings (SSSR count).